The molecule has 1 aliphatic carbocycles. The Kier molecular flexibility index (Phi) is 14.1. The fourth-order valence-corrected chi connectivity index (χ4v) is 6.63. The van der Waals surface area contributed by atoms with Gasteiger partial charge < -0.3 is 102 Å². The molecule has 0 spiro atoms. The number of nitrogens with one attached hydrogen (secondary N) is 1. The molecule has 3 heterocycles. The van der Waals surface area contributed by atoms with Crippen molar-refractivity contribution in [2.75, 3.05) is 19.8 Å². The maximum atomic E-state index is 12.3. The van der Waals surface area contributed by atoms with Gasteiger partial charge in [0, 0.05) is 18.6 Å². The Balaban J connectivity index is 1.23. The lowest BCUT2D eigenvalue weighted by atomic mass is 9.84. The van der Waals surface area contributed by atoms with Crippen LogP contribution in [0.5, 0.6) is 0 Å². The van der Waals surface area contributed by atoms with E-state index in [2.05, 4.69) is 5.32 Å². The number of aliphatic hydroxyl groups excluding tert-OH is 8. The molecule has 19 atom stereocenters. The number of aliphatic hydroxyl groups is 8. The van der Waals surface area contributed by atoms with E-state index in [9.17, 15) is 45.6 Å². The maximum Gasteiger partial charge on any atom is 0.407 e. The summed E-state index contributed by atoms with van der Waals surface area (Å²) in [7, 11) is 0. The van der Waals surface area contributed by atoms with Crippen molar-refractivity contribution in [1.29, 1.82) is 0 Å². The smallest absolute Gasteiger partial charge is 0.407 e. The number of amides is 1. The van der Waals surface area contributed by atoms with E-state index in [0.717, 1.165) is 5.56 Å². The molecule has 5 rings (SSSR count). The van der Waals surface area contributed by atoms with Crippen molar-refractivity contribution in [2.24, 2.45) is 22.9 Å². The van der Waals surface area contributed by atoms with E-state index >= 15 is 0 Å². The number of nitrogens with two attached hydrogens (primary N) is 4. The zero-order valence-electron chi connectivity index (χ0n) is 28.0. The zero-order chi connectivity index (χ0) is 37.9. The summed E-state index contributed by atoms with van der Waals surface area (Å²) in [5, 5.41) is 86.4. The van der Waals surface area contributed by atoms with Crippen LogP contribution in [0.3, 0.4) is 0 Å². The minimum Gasteiger partial charge on any atom is -0.445 e. The lowest BCUT2D eigenvalue weighted by molar-refractivity contribution is -0.310. The molecule has 1 amide bonds. The highest BCUT2D eigenvalue weighted by molar-refractivity contribution is 5.67. The molecule has 3 aliphatic heterocycles. The predicted octanol–water partition coefficient (Wildman–Crippen LogP) is -6.89. The minimum atomic E-state index is -1.70. The first-order valence-corrected chi connectivity index (χ1v) is 16.9. The van der Waals surface area contributed by atoms with Crippen LogP contribution in [0, 0.1) is 0 Å². The average molecular weight is 750 g/mol. The lowest BCUT2D eigenvalue weighted by Crippen LogP contribution is -2.68. The summed E-state index contributed by atoms with van der Waals surface area (Å²) in [6, 6.07) is 4.37. The molecule has 0 aromatic heterocycles. The van der Waals surface area contributed by atoms with Gasteiger partial charge >= 0.3 is 6.09 Å². The summed E-state index contributed by atoms with van der Waals surface area (Å²) in [6.45, 7) is -1.74. The van der Waals surface area contributed by atoms with E-state index in [-0.39, 0.29) is 19.6 Å². The second-order valence-electron chi connectivity index (χ2n) is 13.4. The molecule has 4 aliphatic rings. The van der Waals surface area contributed by atoms with Crippen molar-refractivity contribution in [3.8, 4) is 0 Å². The molecular formula is C31H51N5O16. The van der Waals surface area contributed by atoms with Crippen LogP contribution in [0.4, 0.5) is 4.79 Å². The highest BCUT2D eigenvalue weighted by Crippen LogP contribution is 2.34. The number of ether oxygens (including phenoxy) is 7. The Hall–Kier alpha value is -2.23. The Labute approximate surface area is 298 Å². The van der Waals surface area contributed by atoms with E-state index in [1.807, 2.05) is 6.07 Å². The van der Waals surface area contributed by atoms with Gasteiger partial charge in [-0.05, 0) is 12.0 Å². The van der Waals surface area contributed by atoms with Crippen LogP contribution in [0.2, 0.25) is 0 Å². The molecule has 1 saturated carbocycles. The van der Waals surface area contributed by atoms with Crippen LogP contribution >= 0.6 is 0 Å². The van der Waals surface area contributed by atoms with Crippen molar-refractivity contribution in [1.82, 2.24) is 5.32 Å². The Morgan fingerprint density at radius 2 is 1.19 bits per heavy atom. The van der Waals surface area contributed by atoms with E-state index in [1.165, 1.54) is 0 Å². The van der Waals surface area contributed by atoms with E-state index < -0.39 is 136 Å². The first-order chi connectivity index (χ1) is 24.7. The number of carbonyl (C=O) groups is 1. The monoisotopic (exact) mass is 749 g/mol. The Bertz CT molecular complexity index is 1280. The van der Waals surface area contributed by atoms with Crippen molar-refractivity contribution >= 4 is 6.09 Å². The second kappa shape index (κ2) is 17.9. The van der Waals surface area contributed by atoms with Gasteiger partial charge in [0.05, 0.1) is 31.4 Å². The van der Waals surface area contributed by atoms with Crippen LogP contribution in [0.25, 0.3) is 0 Å². The van der Waals surface area contributed by atoms with Gasteiger partial charge in [-0.3, -0.25) is 0 Å². The van der Waals surface area contributed by atoms with E-state index in [0.29, 0.717) is 0 Å². The summed E-state index contributed by atoms with van der Waals surface area (Å²) in [5.41, 5.74) is 25.3. The molecule has 0 radical (unpaired) electrons. The van der Waals surface area contributed by atoms with Gasteiger partial charge in [0.1, 0.15) is 73.8 Å². The van der Waals surface area contributed by atoms with Gasteiger partial charge in [0.15, 0.2) is 18.9 Å². The minimum absolute atomic E-state index is 0.0205. The summed E-state index contributed by atoms with van der Waals surface area (Å²) in [5.74, 6) is 0. The molecule has 296 valence electrons. The molecule has 21 nitrogen and oxygen atoms in total. The van der Waals surface area contributed by atoms with Gasteiger partial charge in [0.2, 0.25) is 0 Å². The van der Waals surface area contributed by atoms with Gasteiger partial charge in [-0.2, -0.15) is 0 Å². The first kappa shape index (κ1) is 40.9. The standard InChI is InChI=1S/C31H51N5O16/c32-12-6-13(33)25(50-29-18(35)23(43)21(41)15(8-37)48-29)27(19(12)39)52-30-24(44)26(16(9-38)49-30)51-28-17(34)22(42)20(40)14(47-28)7-36-31(45)46-10-11-4-2-1-3-5-11/h1-5,12-30,37-44H,6-10,32-35H2,(H,36,45)/t12-,13+,14+,15-,16-,17-,18-,19+,20-,21-,22-,23-,24-,25-,26-,27-,28-,29-,30+/m1/s1. The topological polar surface area (TPSA) is 360 Å². The molecule has 17 N–H and O–H groups in total. The second-order valence-corrected chi connectivity index (χ2v) is 13.4. The fourth-order valence-electron chi connectivity index (χ4n) is 6.63. The molecule has 1 aromatic rings. The first-order valence-electron chi connectivity index (χ1n) is 16.9. The highest BCUT2D eigenvalue weighted by Gasteiger charge is 2.54. The summed E-state index contributed by atoms with van der Waals surface area (Å²) < 4.78 is 40.1. The third-order valence-electron chi connectivity index (χ3n) is 9.75. The molecule has 1 aromatic carbocycles. The van der Waals surface area contributed by atoms with Crippen molar-refractivity contribution in [3.63, 3.8) is 0 Å². The molecule has 52 heavy (non-hydrogen) atoms. The third kappa shape index (κ3) is 9.00. The number of alkyl carbamates (subject to hydrolysis) is 1. The summed E-state index contributed by atoms with van der Waals surface area (Å²) in [6.07, 6.45) is -22.6. The van der Waals surface area contributed by atoms with Crippen molar-refractivity contribution in [2.45, 2.75) is 129 Å². The summed E-state index contributed by atoms with van der Waals surface area (Å²) in [4.78, 5) is 12.3. The number of benzene rings is 1. The molecule has 3 saturated heterocycles. The molecular weight excluding hydrogens is 698 g/mol. The highest BCUT2D eigenvalue weighted by atomic mass is 16.8. The quantitative estimate of drug-likeness (QED) is 0.0944. The predicted molar refractivity (Wildman–Crippen MR) is 172 cm³/mol. The van der Waals surface area contributed by atoms with E-state index in [4.69, 9.17) is 56.1 Å². The molecule has 0 bridgehead atoms. The third-order valence-corrected chi connectivity index (χ3v) is 9.75. The zero-order valence-corrected chi connectivity index (χ0v) is 28.0. The fraction of sp³-hybridized carbons (Fsp3) is 0.774. The van der Waals surface area contributed by atoms with Gasteiger partial charge in [-0.1, -0.05) is 30.3 Å². The number of hydrogen-bond donors (Lipinski definition) is 13. The lowest BCUT2D eigenvalue weighted by Gasteiger charge is -2.47. The van der Waals surface area contributed by atoms with Crippen LogP contribution in [0.15, 0.2) is 30.3 Å². The number of rotatable bonds is 12. The van der Waals surface area contributed by atoms with Crippen LogP contribution in [-0.4, -0.2) is 183 Å². The largest absolute Gasteiger partial charge is 0.445 e. The van der Waals surface area contributed by atoms with Crippen LogP contribution in [-0.2, 0) is 39.8 Å². The van der Waals surface area contributed by atoms with Gasteiger partial charge in [0.25, 0.3) is 0 Å². The molecule has 21 heteroatoms. The molecule has 4 fully saturated rings. The van der Waals surface area contributed by atoms with Crippen LogP contribution in [0.1, 0.15) is 12.0 Å². The van der Waals surface area contributed by atoms with Gasteiger partial charge in [-0.25, -0.2) is 4.79 Å². The normalized spacial score (nSPS) is 45.4. The Morgan fingerprint density at radius 3 is 1.81 bits per heavy atom. The summed E-state index contributed by atoms with van der Waals surface area (Å²) >= 11 is 0. The molecule has 0 unspecified atom stereocenters. The number of carbonyl (C=O) groups excluding carboxylic acids is 1. The average Bonchev–Trinajstić information content (AvgIpc) is 3.43. The van der Waals surface area contributed by atoms with E-state index in [1.54, 1.807) is 24.3 Å². The SMILES string of the molecule is N[C@H]1[C@@H](O[C@H]2[C@@H](O)[C@H](O[C@@H]3[C@@H](O)[C@H](N)C[C@H](N)[C@H]3O[C@H]3O[C@H](CO)[C@@H](O)[C@H](O)[C@H]3N)O[C@@H]2CO)O[C@@H](CNC(=O)OCc2ccccc2)[C@@H](O)[C@@H]1O. The maximum absolute atomic E-state index is 12.3. The number of hydrogen-bond acceptors (Lipinski definition) is 20. The van der Waals surface area contributed by atoms with Gasteiger partial charge in [-0.15, -0.1) is 0 Å². The van der Waals surface area contributed by atoms with Crippen molar-refractivity contribution in [3.05, 3.63) is 35.9 Å². The van der Waals surface area contributed by atoms with Crippen molar-refractivity contribution < 1.29 is 78.8 Å². The van der Waals surface area contributed by atoms with Crippen LogP contribution < -0.4 is 28.3 Å². The Morgan fingerprint density at radius 1 is 0.654 bits per heavy atom.